The number of methoxy groups -OCH3 is 1. The van der Waals surface area contributed by atoms with E-state index in [9.17, 15) is 10.1 Å². The molecule has 0 N–H and O–H groups in total. The maximum Gasteiger partial charge on any atom is 0.226 e. The van der Waals surface area contributed by atoms with Crippen LogP contribution in [-0.2, 0) is 11.3 Å². The van der Waals surface area contributed by atoms with Gasteiger partial charge in [-0.1, -0.05) is 39.8 Å². The predicted molar refractivity (Wildman–Crippen MR) is 107 cm³/mol. The van der Waals surface area contributed by atoms with E-state index in [0.717, 1.165) is 35.1 Å². The lowest BCUT2D eigenvalue weighted by Gasteiger charge is -2.43. The average molecular weight is 364 g/mol. The van der Waals surface area contributed by atoms with Crippen molar-refractivity contribution in [2.24, 2.45) is 17.3 Å². The van der Waals surface area contributed by atoms with Crippen molar-refractivity contribution < 1.29 is 9.53 Å². The maximum atomic E-state index is 13.3. The van der Waals surface area contributed by atoms with Gasteiger partial charge in [-0.25, -0.2) is 0 Å². The Hall–Kier alpha value is -2.54. The Morgan fingerprint density at radius 3 is 2.59 bits per heavy atom. The van der Waals surface area contributed by atoms with Gasteiger partial charge in [0.15, 0.2) is 0 Å². The van der Waals surface area contributed by atoms with Crippen LogP contribution in [0.5, 0.6) is 5.75 Å². The van der Waals surface area contributed by atoms with Crippen LogP contribution in [0.2, 0.25) is 0 Å². The molecule has 1 aliphatic rings. The Bertz CT molecular complexity index is 905. The van der Waals surface area contributed by atoms with Crippen LogP contribution in [0.15, 0.2) is 30.3 Å². The van der Waals surface area contributed by atoms with Crippen LogP contribution < -0.4 is 4.74 Å². The minimum Gasteiger partial charge on any atom is -0.496 e. The lowest BCUT2D eigenvalue weighted by molar-refractivity contribution is -0.146. The lowest BCUT2D eigenvalue weighted by atomic mass is 9.70. The van der Waals surface area contributed by atoms with E-state index in [1.54, 1.807) is 7.11 Å². The van der Waals surface area contributed by atoms with Crippen LogP contribution in [0.4, 0.5) is 0 Å². The normalized spacial score (nSPS) is 20.6. The van der Waals surface area contributed by atoms with Crippen molar-refractivity contribution in [2.75, 3.05) is 13.7 Å². The molecular formula is C23H28N2O2. The number of carbonyl (C=O) groups is 1. The van der Waals surface area contributed by atoms with E-state index in [-0.39, 0.29) is 17.2 Å². The number of amides is 1. The molecule has 1 saturated heterocycles. The minimum absolute atomic E-state index is 0.0156. The molecule has 0 bridgehead atoms. The number of rotatable bonds is 3. The van der Waals surface area contributed by atoms with Crippen molar-refractivity contribution in [1.29, 1.82) is 5.26 Å². The van der Waals surface area contributed by atoms with Gasteiger partial charge in [0, 0.05) is 24.6 Å². The van der Waals surface area contributed by atoms with Crippen LogP contribution in [-0.4, -0.2) is 24.5 Å². The van der Waals surface area contributed by atoms with Crippen molar-refractivity contribution in [2.45, 2.75) is 40.7 Å². The molecule has 0 aromatic heterocycles. The van der Waals surface area contributed by atoms with Gasteiger partial charge in [-0.05, 0) is 46.7 Å². The number of hydrogen-bond acceptors (Lipinski definition) is 3. The summed E-state index contributed by atoms with van der Waals surface area (Å²) in [5.74, 6) is 1.38. The Kier molecular flexibility index (Phi) is 5.15. The molecule has 2 aromatic carbocycles. The van der Waals surface area contributed by atoms with Crippen LogP contribution in [0.3, 0.4) is 0 Å². The first-order valence-corrected chi connectivity index (χ1v) is 9.54. The Morgan fingerprint density at radius 2 is 1.96 bits per heavy atom. The number of fused-ring (bicyclic) bond motifs is 1. The largest absolute Gasteiger partial charge is 0.496 e. The lowest BCUT2D eigenvalue weighted by Crippen LogP contribution is -2.49. The SMILES string of the molecule is COc1ccc2ccc(C#N)cc2c1CN1CC[C@H](C)[C@@H](C(C)(C)C)C1=O. The molecule has 1 fully saturated rings. The number of benzene rings is 2. The van der Waals surface area contributed by atoms with E-state index in [1.807, 2.05) is 35.2 Å². The van der Waals surface area contributed by atoms with Gasteiger partial charge in [0.1, 0.15) is 5.75 Å². The van der Waals surface area contributed by atoms with Gasteiger partial charge in [-0.3, -0.25) is 4.79 Å². The van der Waals surface area contributed by atoms with E-state index in [0.29, 0.717) is 18.0 Å². The van der Waals surface area contributed by atoms with E-state index < -0.39 is 0 Å². The Labute approximate surface area is 161 Å². The summed E-state index contributed by atoms with van der Waals surface area (Å²) in [6, 6.07) is 11.8. The highest BCUT2D eigenvalue weighted by atomic mass is 16.5. The standard InChI is InChI=1S/C23H28N2O2/c1-15-10-11-25(22(26)21(15)23(2,3)4)14-19-18-12-16(13-24)6-7-17(18)8-9-20(19)27-5/h6-9,12,15,21H,10-11,14H2,1-5H3/t15-,21+/m0/s1. The van der Waals surface area contributed by atoms with E-state index in [4.69, 9.17) is 4.74 Å². The van der Waals surface area contributed by atoms with Gasteiger partial charge in [-0.15, -0.1) is 0 Å². The zero-order valence-corrected chi connectivity index (χ0v) is 16.9. The maximum absolute atomic E-state index is 13.3. The Morgan fingerprint density at radius 1 is 1.26 bits per heavy atom. The van der Waals surface area contributed by atoms with Crippen LogP contribution in [0.25, 0.3) is 10.8 Å². The molecule has 1 amide bonds. The average Bonchev–Trinajstić information content (AvgIpc) is 2.62. The molecule has 2 atom stereocenters. The zero-order chi connectivity index (χ0) is 19.8. The van der Waals surface area contributed by atoms with Gasteiger partial charge in [0.05, 0.1) is 18.7 Å². The first kappa shape index (κ1) is 19.2. The first-order valence-electron chi connectivity index (χ1n) is 9.54. The molecule has 0 unspecified atom stereocenters. The highest BCUT2D eigenvalue weighted by Crippen LogP contribution is 2.39. The van der Waals surface area contributed by atoms with Crippen LogP contribution in [0.1, 0.15) is 45.2 Å². The summed E-state index contributed by atoms with van der Waals surface area (Å²) in [6.07, 6.45) is 1.00. The van der Waals surface area contributed by atoms with Gasteiger partial charge < -0.3 is 9.64 Å². The van der Waals surface area contributed by atoms with Crippen molar-refractivity contribution in [3.05, 3.63) is 41.5 Å². The molecule has 4 nitrogen and oxygen atoms in total. The van der Waals surface area contributed by atoms with E-state index in [1.165, 1.54) is 0 Å². The minimum atomic E-state index is -0.0635. The number of hydrogen-bond donors (Lipinski definition) is 0. The predicted octanol–water partition coefficient (Wildman–Crippen LogP) is 4.75. The first-order chi connectivity index (χ1) is 12.8. The summed E-state index contributed by atoms with van der Waals surface area (Å²) in [4.78, 5) is 15.2. The number of piperidine rings is 1. The second-order valence-electron chi connectivity index (χ2n) is 8.66. The Balaban J connectivity index is 2.03. The number of ether oxygens (including phenoxy) is 1. The molecule has 142 valence electrons. The molecule has 1 heterocycles. The summed E-state index contributed by atoms with van der Waals surface area (Å²) in [5, 5.41) is 11.3. The summed E-state index contributed by atoms with van der Waals surface area (Å²) in [6.45, 7) is 9.88. The molecule has 0 radical (unpaired) electrons. The van der Waals surface area contributed by atoms with Crippen LogP contribution in [0, 0.1) is 28.6 Å². The second kappa shape index (κ2) is 7.23. The van der Waals surface area contributed by atoms with Gasteiger partial charge in [0.2, 0.25) is 5.91 Å². The number of nitrogens with zero attached hydrogens (tertiary/aromatic N) is 2. The van der Waals surface area contributed by atoms with Crippen LogP contribution >= 0.6 is 0 Å². The molecular weight excluding hydrogens is 336 g/mol. The van der Waals surface area contributed by atoms with Gasteiger partial charge >= 0.3 is 0 Å². The second-order valence-corrected chi connectivity index (χ2v) is 8.66. The number of nitriles is 1. The third-order valence-electron chi connectivity index (χ3n) is 5.72. The zero-order valence-electron chi connectivity index (χ0n) is 16.9. The van der Waals surface area contributed by atoms with E-state index in [2.05, 4.69) is 33.8 Å². The third kappa shape index (κ3) is 3.64. The fraction of sp³-hybridized carbons (Fsp3) is 0.478. The topological polar surface area (TPSA) is 53.3 Å². The third-order valence-corrected chi connectivity index (χ3v) is 5.72. The number of carbonyl (C=O) groups excluding carboxylic acids is 1. The van der Waals surface area contributed by atoms with Gasteiger partial charge in [-0.2, -0.15) is 5.26 Å². The molecule has 0 spiro atoms. The smallest absolute Gasteiger partial charge is 0.226 e. The summed E-state index contributed by atoms with van der Waals surface area (Å²) in [7, 11) is 1.65. The highest BCUT2D eigenvalue weighted by molar-refractivity contribution is 5.89. The van der Waals surface area contributed by atoms with Crippen molar-refractivity contribution in [3.8, 4) is 11.8 Å². The fourth-order valence-electron chi connectivity index (χ4n) is 4.43. The molecule has 27 heavy (non-hydrogen) atoms. The number of likely N-dealkylation sites (tertiary alicyclic amines) is 1. The molecule has 1 aliphatic heterocycles. The summed E-state index contributed by atoms with van der Waals surface area (Å²) >= 11 is 0. The summed E-state index contributed by atoms with van der Waals surface area (Å²) in [5.41, 5.74) is 1.53. The van der Waals surface area contributed by atoms with E-state index >= 15 is 0 Å². The van der Waals surface area contributed by atoms with Crippen molar-refractivity contribution in [3.63, 3.8) is 0 Å². The molecule has 3 rings (SSSR count). The fourth-order valence-corrected chi connectivity index (χ4v) is 4.43. The van der Waals surface area contributed by atoms with Crippen molar-refractivity contribution in [1.82, 2.24) is 4.90 Å². The highest BCUT2D eigenvalue weighted by Gasteiger charge is 2.41. The molecule has 4 heteroatoms. The van der Waals surface area contributed by atoms with Crippen molar-refractivity contribution >= 4 is 16.7 Å². The molecule has 2 aromatic rings. The van der Waals surface area contributed by atoms with Gasteiger partial charge in [0.25, 0.3) is 0 Å². The summed E-state index contributed by atoms with van der Waals surface area (Å²) < 4.78 is 5.60. The molecule has 0 saturated carbocycles. The molecule has 0 aliphatic carbocycles. The quantitative estimate of drug-likeness (QED) is 0.790. The monoisotopic (exact) mass is 364 g/mol.